The van der Waals surface area contributed by atoms with Crippen molar-refractivity contribution in [2.45, 2.75) is 11.8 Å². The van der Waals surface area contributed by atoms with Crippen molar-refractivity contribution in [1.82, 2.24) is 0 Å². The van der Waals surface area contributed by atoms with Gasteiger partial charge in [-0.15, -0.1) is 0 Å². The largest absolute Gasteiger partial charge is 0.497 e. The van der Waals surface area contributed by atoms with E-state index in [-0.39, 0.29) is 10.6 Å². The van der Waals surface area contributed by atoms with Gasteiger partial charge in [0.1, 0.15) is 18.0 Å². The molecule has 1 fully saturated rings. The van der Waals surface area contributed by atoms with Crippen molar-refractivity contribution in [3.05, 3.63) is 72.3 Å². The standard InChI is InChI=1S/C27H31N3O6S/c1-20-4-11-24(12-5-20)37(32,33)30(25-18-23(34-2)10-13-26(25)35-3)19-27(31)28-21-6-8-22(9-7-21)29-14-16-36-17-15-29/h4-13,18H,14-17,19H2,1-3H3,(H,28,31). The molecule has 3 aromatic rings. The zero-order valence-electron chi connectivity index (χ0n) is 21.1. The van der Waals surface area contributed by atoms with Gasteiger partial charge in [-0.3, -0.25) is 9.10 Å². The average Bonchev–Trinajstić information content (AvgIpc) is 2.92. The number of anilines is 3. The Kier molecular flexibility index (Phi) is 8.20. The molecular weight excluding hydrogens is 494 g/mol. The Hall–Kier alpha value is -3.76. The molecule has 0 bridgehead atoms. The summed E-state index contributed by atoms with van der Waals surface area (Å²) in [4.78, 5) is 15.4. The minimum Gasteiger partial charge on any atom is -0.497 e. The predicted molar refractivity (Wildman–Crippen MR) is 143 cm³/mol. The van der Waals surface area contributed by atoms with Crippen LogP contribution in [-0.2, 0) is 19.6 Å². The molecule has 196 valence electrons. The van der Waals surface area contributed by atoms with E-state index in [9.17, 15) is 13.2 Å². The normalized spacial score (nSPS) is 13.6. The second-order valence-electron chi connectivity index (χ2n) is 8.56. The van der Waals surface area contributed by atoms with Crippen molar-refractivity contribution < 1.29 is 27.4 Å². The Morgan fingerprint density at radius 1 is 0.973 bits per heavy atom. The van der Waals surface area contributed by atoms with E-state index >= 15 is 0 Å². The number of hydrogen-bond donors (Lipinski definition) is 1. The molecule has 1 N–H and O–H groups in total. The zero-order chi connectivity index (χ0) is 26.4. The molecule has 9 nitrogen and oxygen atoms in total. The quantitative estimate of drug-likeness (QED) is 0.455. The van der Waals surface area contributed by atoms with Crippen molar-refractivity contribution in [1.29, 1.82) is 0 Å². The average molecular weight is 526 g/mol. The maximum atomic E-state index is 13.8. The van der Waals surface area contributed by atoms with Crippen LogP contribution in [0.1, 0.15) is 5.56 Å². The summed E-state index contributed by atoms with van der Waals surface area (Å²) in [6.07, 6.45) is 0. The minimum absolute atomic E-state index is 0.0608. The van der Waals surface area contributed by atoms with Gasteiger partial charge in [0.15, 0.2) is 0 Å². The maximum Gasteiger partial charge on any atom is 0.264 e. The van der Waals surface area contributed by atoms with Crippen LogP contribution in [0.3, 0.4) is 0 Å². The molecule has 0 atom stereocenters. The summed E-state index contributed by atoms with van der Waals surface area (Å²) in [5, 5.41) is 2.81. The number of amides is 1. The van der Waals surface area contributed by atoms with Crippen molar-refractivity contribution >= 4 is 33.0 Å². The van der Waals surface area contributed by atoms with E-state index < -0.39 is 22.5 Å². The first-order chi connectivity index (χ1) is 17.8. The summed E-state index contributed by atoms with van der Waals surface area (Å²) in [6.45, 7) is 4.37. The first-order valence-electron chi connectivity index (χ1n) is 11.9. The van der Waals surface area contributed by atoms with Crippen molar-refractivity contribution in [3.8, 4) is 11.5 Å². The number of morpholine rings is 1. The molecule has 0 aliphatic carbocycles. The monoisotopic (exact) mass is 525 g/mol. The molecule has 0 unspecified atom stereocenters. The van der Waals surface area contributed by atoms with Gasteiger partial charge in [-0.25, -0.2) is 8.42 Å². The first kappa shape index (κ1) is 26.3. The highest BCUT2D eigenvalue weighted by Crippen LogP contribution is 2.35. The second kappa shape index (κ2) is 11.5. The van der Waals surface area contributed by atoms with Gasteiger partial charge in [0.2, 0.25) is 5.91 Å². The highest BCUT2D eigenvalue weighted by atomic mass is 32.2. The van der Waals surface area contributed by atoms with Crippen LogP contribution >= 0.6 is 0 Å². The number of nitrogens with one attached hydrogen (secondary N) is 1. The number of carbonyl (C=O) groups excluding carboxylic acids is 1. The lowest BCUT2D eigenvalue weighted by Gasteiger charge is -2.29. The van der Waals surface area contributed by atoms with Crippen LogP contribution < -0.4 is 24.0 Å². The summed E-state index contributed by atoms with van der Waals surface area (Å²) in [5.41, 5.74) is 2.71. The Morgan fingerprint density at radius 3 is 2.27 bits per heavy atom. The van der Waals surface area contributed by atoms with Crippen molar-refractivity contribution in [2.75, 3.05) is 61.6 Å². The van der Waals surface area contributed by atoms with E-state index in [4.69, 9.17) is 14.2 Å². The Labute approximate surface area is 217 Å². The topological polar surface area (TPSA) is 97.4 Å². The Morgan fingerprint density at radius 2 is 1.65 bits per heavy atom. The third kappa shape index (κ3) is 6.15. The molecule has 1 aliphatic heterocycles. The molecule has 0 aromatic heterocycles. The highest BCUT2D eigenvalue weighted by molar-refractivity contribution is 7.92. The van der Waals surface area contributed by atoms with Crippen LogP contribution in [0, 0.1) is 6.92 Å². The zero-order valence-corrected chi connectivity index (χ0v) is 22.0. The summed E-state index contributed by atoms with van der Waals surface area (Å²) < 4.78 is 44.7. The number of hydrogen-bond acceptors (Lipinski definition) is 7. The maximum absolute atomic E-state index is 13.8. The molecule has 1 aliphatic rings. The van der Waals surface area contributed by atoms with E-state index in [1.54, 1.807) is 36.4 Å². The molecule has 1 saturated heterocycles. The number of ether oxygens (including phenoxy) is 3. The summed E-state index contributed by atoms with van der Waals surface area (Å²) in [7, 11) is -1.19. The van der Waals surface area contributed by atoms with Gasteiger partial charge in [-0.1, -0.05) is 17.7 Å². The predicted octanol–water partition coefficient (Wildman–Crippen LogP) is 3.68. The van der Waals surface area contributed by atoms with Gasteiger partial charge in [-0.2, -0.15) is 0 Å². The molecule has 4 rings (SSSR count). The first-order valence-corrected chi connectivity index (χ1v) is 13.3. The van der Waals surface area contributed by atoms with Gasteiger partial charge in [0, 0.05) is 30.5 Å². The van der Waals surface area contributed by atoms with E-state index in [1.165, 1.54) is 32.4 Å². The van der Waals surface area contributed by atoms with Crippen molar-refractivity contribution in [2.24, 2.45) is 0 Å². The number of nitrogens with zero attached hydrogens (tertiary/aromatic N) is 2. The molecule has 37 heavy (non-hydrogen) atoms. The number of sulfonamides is 1. The lowest BCUT2D eigenvalue weighted by Crippen LogP contribution is -2.38. The van der Waals surface area contributed by atoms with Crippen molar-refractivity contribution in [3.63, 3.8) is 0 Å². The fraction of sp³-hybridized carbons (Fsp3) is 0.296. The third-order valence-electron chi connectivity index (χ3n) is 6.08. The smallest absolute Gasteiger partial charge is 0.264 e. The molecular formula is C27H31N3O6S. The van der Waals surface area contributed by atoms with Crippen LogP contribution in [0.2, 0.25) is 0 Å². The van der Waals surface area contributed by atoms with E-state index in [0.29, 0.717) is 30.4 Å². The minimum atomic E-state index is -4.12. The lowest BCUT2D eigenvalue weighted by atomic mass is 10.2. The van der Waals surface area contributed by atoms with E-state index in [1.807, 2.05) is 19.1 Å². The van der Waals surface area contributed by atoms with E-state index in [0.717, 1.165) is 28.6 Å². The van der Waals surface area contributed by atoms with Gasteiger partial charge < -0.3 is 24.4 Å². The van der Waals surface area contributed by atoms with Gasteiger partial charge >= 0.3 is 0 Å². The number of methoxy groups -OCH3 is 2. The molecule has 1 amide bonds. The van der Waals surface area contributed by atoms with E-state index in [2.05, 4.69) is 10.2 Å². The third-order valence-corrected chi connectivity index (χ3v) is 7.85. The fourth-order valence-electron chi connectivity index (χ4n) is 4.04. The van der Waals surface area contributed by atoms with Crippen LogP contribution in [0.5, 0.6) is 11.5 Å². The van der Waals surface area contributed by atoms with Gasteiger partial charge in [-0.05, 0) is 55.5 Å². The summed E-state index contributed by atoms with van der Waals surface area (Å²) in [5.74, 6) is 0.220. The van der Waals surface area contributed by atoms with Crippen LogP contribution in [0.25, 0.3) is 0 Å². The summed E-state index contributed by atoms with van der Waals surface area (Å²) in [6, 6.07) is 18.7. The molecule has 3 aromatic carbocycles. The lowest BCUT2D eigenvalue weighted by molar-refractivity contribution is -0.114. The molecule has 10 heteroatoms. The Balaban J connectivity index is 1.61. The van der Waals surface area contributed by atoms with Crippen LogP contribution in [-0.4, -0.2) is 61.4 Å². The highest BCUT2D eigenvalue weighted by Gasteiger charge is 2.30. The number of rotatable bonds is 9. The molecule has 0 radical (unpaired) electrons. The molecule has 1 heterocycles. The number of aryl methyl sites for hydroxylation is 1. The van der Waals surface area contributed by atoms with Gasteiger partial charge in [0.05, 0.1) is 38.0 Å². The number of benzene rings is 3. The van der Waals surface area contributed by atoms with Crippen LogP contribution in [0.15, 0.2) is 71.6 Å². The Bertz CT molecular complexity index is 1320. The van der Waals surface area contributed by atoms with Gasteiger partial charge in [0.25, 0.3) is 10.0 Å². The molecule has 0 spiro atoms. The second-order valence-corrected chi connectivity index (χ2v) is 10.4. The summed E-state index contributed by atoms with van der Waals surface area (Å²) >= 11 is 0. The van der Waals surface area contributed by atoms with Crippen LogP contribution in [0.4, 0.5) is 17.1 Å². The SMILES string of the molecule is COc1ccc(OC)c(N(CC(=O)Nc2ccc(N3CCOCC3)cc2)S(=O)(=O)c2ccc(C)cc2)c1. The number of carbonyl (C=O) groups is 1. The fourth-order valence-corrected chi connectivity index (χ4v) is 5.46. The molecule has 0 saturated carbocycles.